The van der Waals surface area contributed by atoms with Gasteiger partial charge in [0.15, 0.2) is 11.5 Å². The normalized spacial score (nSPS) is 12.6. The van der Waals surface area contributed by atoms with E-state index >= 15 is 0 Å². The lowest BCUT2D eigenvalue weighted by Crippen LogP contribution is -2.37. The monoisotopic (exact) mass is 390 g/mol. The predicted molar refractivity (Wildman–Crippen MR) is 111 cm³/mol. The third-order valence-electron chi connectivity index (χ3n) is 4.84. The van der Waals surface area contributed by atoms with Crippen molar-refractivity contribution >= 4 is 0 Å². The summed E-state index contributed by atoms with van der Waals surface area (Å²) >= 11 is 0. The van der Waals surface area contributed by atoms with Gasteiger partial charge in [-0.1, -0.05) is 6.07 Å². The molecule has 0 bridgehead atoms. The van der Waals surface area contributed by atoms with E-state index < -0.39 is 6.10 Å². The zero-order chi connectivity index (χ0) is 20.7. The van der Waals surface area contributed by atoms with Crippen LogP contribution in [0.1, 0.15) is 30.8 Å². The fourth-order valence-electron chi connectivity index (χ4n) is 2.78. The lowest BCUT2D eigenvalue weighted by molar-refractivity contribution is 0.0668. The minimum absolute atomic E-state index is 0.220. The number of nitrogens with zero attached hydrogens (tertiary/aromatic N) is 3. The molecule has 1 atom stereocenters. The van der Waals surface area contributed by atoms with E-state index in [1.54, 1.807) is 7.11 Å². The van der Waals surface area contributed by atoms with Gasteiger partial charge < -0.3 is 24.8 Å². The first-order valence-corrected chi connectivity index (χ1v) is 9.68. The summed E-state index contributed by atoms with van der Waals surface area (Å²) in [4.78, 5) is 2.09. The molecule has 0 spiro atoms. The van der Waals surface area contributed by atoms with Crippen LogP contribution in [0.2, 0.25) is 0 Å². The molecular formula is C21H34N4O3. The second kappa shape index (κ2) is 10.5. The highest BCUT2D eigenvalue weighted by Crippen LogP contribution is 2.28. The Kier molecular flexibility index (Phi) is 8.29. The average molecular weight is 391 g/mol. The van der Waals surface area contributed by atoms with E-state index in [1.165, 1.54) is 0 Å². The Bertz CT molecular complexity index is 726. The molecule has 0 radical (unpaired) electrons. The second-order valence-corrected chi connectivity index (χ2v) is 7.49. The highest BCUT2D eigenvalue weighted by molar-refractivity contribution is 5.43. The van der Waals surface area contributed by atoms with Gasteiger partial charge in [-0.2, -0.15) is 5.10 Å². The Morgan fingerprint density at radius 2 is 1.96 bits per heavy atom. The number of aliphatic hydroxyl groups is 1. The number of hydrogen-bond donors (Lipinski definition) is 2. The number of likely N-dealkylation sites (N-methyl/N-ethyl adjacent to an activating group) is 1. The minimum Gasteiger partial charge on any atom is -0.493 e. The van der Waals surface area contributed by atoms with Crippen LogP contribution < -0.4 is 14.8 Å². The molecule has 0 saturated carbocycles. The van der Waals surface area contributed by atoms with Crippen LogP contribution in [0, 0.1) is 6.92 Å². The molecule has 28 heavy (non-hydrogen) atoms. The van der Waals surface area contributed by atoms with Crippen molar-refractivity contribution in [2.24, 2.45) is 7.05 Å². The minimum atomic E-state index is -0.564. The predicted octanol–water partition coefficient (Wildman–Crippen LogP) is 2.11. The molecule has 0 fully saturated rings. The summed E-state index contributed by atoms with van der Waals surface area (Å²) in [5, 5.41) is 18.1. The molecule has 0 aliphatic heterocycles. The highest BCUT2D eigenvalue weighted by atomic mass is 16.5. The molecular weight excluding hydrogens is 356 g/mol. The maximum Gasteiger partial charge on any atom is 0.161 e. The van der Waals surface area contributed by atoms with E-state index in [-0.39, 0.29) is 6.61 Å². The highest BCUT2D eigenvalue weighted by Gasteiger charge is 2.13. The summed E-state index contributed by atoms with van der Waals surface area (Å²) in [6.07, 6.45) is -0.564. The molecule has 1 aromatic heterocycles. The Labute approximate surface area is 168 Å². The molecule has 7 heteroatoms. The summed E-state index contributed by atoms with van der Waals surface area (Å²) in [5.74, 6) is 1.30. The molecule has 156 valence electrons. The Morgan fingerprint density at radius 1 is 1.21 bits per heavy atom. The van der Waals surface area contributed by atoms with Gasteiger partial charge in [0.2, 0.25) is 0 Å². The van der Waals surface area contributed by atoms with Crippen LogP contribution >= 0.6 is 0 Å². The summed E-state index contributed by atoms with van der Waals surface area (Å²) in [7, 11) is 5.55. The molecule has 7 nitrogen and oxygen atoms in total. The van der Waals surface area contributed by atoms with Gasteiger partial charge in [-0.25, -0.2) is 0 Å². The largest absolute Gasteiger partial charge is 0.493 e. The molecule has 2 aromatic rings. The number of nitrogens with one attached hydrogen (secondary N) is 1. The van der Waals surface area contributed by atoms with Gasteiger partial charge in [0.25, 0.3) is 0 Å². The van der Waals surface area contributed by atoms with Gasteiger partial charge in [0.05, 0.1) is 12.8 Å². The molecule has 0 aliphatic rings. The lowest BCUT2D eigenvalue weighted by atomic mass is 10.2. The number of hydrogen-bond acceptors (Lipinski definition) is 6. The SMILES string of the molecule is COc1ccc(CNCc2cc(C)n(C)n2)cc1OC[C@H](O)CN(C)C(C)C. The van der Waals surface area contributed by atoms with Crippen molar-refractivity contribution in [1.82, 2.24) is 20.0 Å². The van der Waals surface area contributed by atoms with Crippen molar-refractivity contribution < 1.29 is 14.6 Å². The molecule has 0 aliphatic carbocycles. The number of aliphatic hydroxyl groups excluding tert-OH is 1. The van der Waals surface area contributed by atoms with Crippen LogP contribution in [0.3, 0.4) is 0 Å². The number of benzene rings is 1. The van der Waals surface area contributed by atoms with Crippen LogP contribution in [-0.2, 0) is 20.1 Å². The van der Waals surface area contributed by atoms with E-state index in [4.69, 9.17) is 9.47 Å². The van der Waals surface area contributed by atoms with Gasteiger partial charge >= 0.3 is 0 Å². The third-order valence-corrected chi connectivity index (χ3v) is 4.84. The fourth-order valence-corrected chi connectivity index (χ4v) is 2.78. The number of aryl methyl sites for hydroxylation is 2. The van der Waals surface area contributed by atoms with Crippen LogP contribution in [0.5, 0.6) is 11.5 Å². The number of aromatic nitrogens is 2. The molecule has 0 saturated heterocycles. The molecule has 0 amide bonds. The van der Waals surface area contributed by atoms with Crippen molar-refractivity contribution in [2.75, 3.05) is 27.3 Å². The summed E-state index contributed by atoms with van der Waals surface area (Å²) in [6, 6.07) is 8.30. The van der Waals surface area contributed by atoms with Crippen LogP contribution in [0.25, 0.3) is 0 Å². The van der Waals surface area contributed by atoms with E-state index in [9.17, 15) is 5.11 Å². The van der Waals surface area contributed by atoms with Crippen molar-refractivity contribution in [3.8, 4) is 11.5 Å². The first kappa shape index (κ1) is 22.2. The zero-order valence-corrected chi connectivity index (χ0v) is 17.9. The van der Waals surface area contributed by atoms with Crippen LogP contribution in [0.15, 0.2) is 24.3 Å². The smallest absolute Gasteiger partial charge is 0.161 e. The van der Waals surface area contributed by atoms with Gasteiger partial charge in [-0.15, -0.1) is 0 Å². The quantitative estimate of drug-likeness (QED) is 0.612. The zero-order valence-electron chi connectivity index (χ0n) is 17.9. The fraction of sp³-hybridized carbons (Fsp3) is 0.571. The molecule has 1 aromatic carbocycles. The molecule has 2 rings (SSSR count). The van der Waals surface area contributed by atoms with Crippen LogP contribution in [0.4, 0.5) is 0 Å². The molecule has 1 heterocycles. The van der Waals surface area contributed by atoms with Crippen molar-refractivity contribution in [1.29, 1.82) is 0 Å². The maximum atomic E-state index is 10.2. The summed E-state index contributed by atoms with van der Waals surface area (Å²) in [6.45, 7) is 8.40. The van der Waals surface area contributed by atoms with Crippen molar-refractivity contribution in [3.63, 3.8) is 0 Å². The Morgan fingerprint density at radius 3 is 2.57 bits per heavy atom. The third kappa shape index (κ3) is 6.51. The Balaban J connectivity index is 1.91. The topological polar surface area (TPSA) is 71.8 Å². The maximum absolute atomic E-state index is 10.2. The average Bonchev–Trinajstić information content (AvgIpc) is 2.97. The van der Waals surface area contributed by atoms with E-state index in [2.05, 4.69) is 35.2 Å². The van der Waals surface area contributed by atoms with Crippen LogP contribution in [-0.4, -0.2) is 59.2 Å². The summed E-state index contributed by atoms with van der Waals surface area (Å²) in [5.41, 5.74) is 3.23. The van der Waals surface area contributed by atoms with E-state index in [0.29, 0.717) is 37.2 Å². The molecule has 0 unspecified atom stereocenters. The second-order valence-electron chi connectivity index (χ2n) is 7.49. The van der Waals surface area contributed by atoms with Gasteiger partial charge in [-0.3, -0.25) is 4.68 Å². The van der Waals surface area contributed by atoms with Crippen molar-refractivity contribution in [2.45, 2.75) is 46.0 Å². The lowest BCUT2D eigenvalue weighted by Gasteiger charge is -2.24. The van der Waals surface area contributed by atoms with Crippen molar-refractivity contribution in [3.05, 3.63) is 41.2 Å². The van der Waals surface area contributed by atoms with Gasteiger partial charge in [0, 0.05) is 38.4 Å². The van der Waals surface area contributed by atoms with E-state index in [0.717, 1.165) is 17.0 Å². The number of ether oxygens (including phenoxy) is 2. The summed E-state index contributed by atoms with van der Waals surface area (Å²) < 4.78 is 13.1. The standard InChI is InChI=1S/C21H34N4O3/c1-15(2)24(4)13-19(26)14-28-21-10-17(7-8-20(21)27-6)11-22-12-18-9-16(3)25(5)23-18/h7-10,15,19,22,26H,11-14H2,1-6H3/t19-/m1/s1. The molecule has 2 N–H and O–H groups in total. The first-order chi connectivity index (χ1) is 13.3. The van der Waals surface area contributed by atoms with Gasteiger partial charge in [0.1, 0.15) is 12.7 Å². The van der Waals surface area contributed by atoms with Gasteiger partial charge in [-0.05, 0) is 51.6 Å². The van der Waals surface area contributed by atoms with E-state index in [1.807, 2.05) is 43.9 Å². The number of rotatable bonds is 11. The number of methoxy groups -OCH3 is 1. The Hall–Kier alpha value is -2.09. The first-order valence-electron chi connectivity index (χ1n) is 9.68.